The summed E-state index contributed by atoms with van der Waals surface area (Å²) >= 11 is 1.40. The predicted octanol–water partition coefficient (Wildman–Crippen LogP) is 5.29. The zero-order valence-corrected chi connectivity index (χ0v) is 17.8. The van der Waals surface area contributed by atoms with Crippen molar-refractivity contribution in [3.8, 4) is 0 Å². The molecule has 2 aromatic heterocycles. The van der Waals surface area contributed by atoms with Crippen molar-refractivity contribution in [2.75, 3.05) is 6.54 Å². The average molecular weight is 417 g/mol. The standard InChI is InChI=1S/C25H24N2O2S/c1-16-9-10-20-18(13-16)22-19(23(28)27-20)14-21(30-22)24(29)26-15-25(11-5-6-12-25)17-7-3-2-4-8-17/h2-4,7-10,13-14H,5-6,11-12,15H2,1H3,(H,26,29)(H,27,28). The zero-order valence-electron chi connectivity index (χ0n) is 17.0. The van der Waals surface area contributed by atoms with Crippen LogP contribution in [0, 0.1) is 6.92 Å². The molecule has 2 aromatic carbocycles. The first-order valence-corrected chi connectivity index (χ1v) is 11.3. The smallest absolute Gasteiger partial charge is 0.261 e. The van der Waals surface area contributed by atoms with Gasteiger partial charge in [0.05, 0.1) is 10.3 Å². The van der Waals surface area contributed by atoms with Crippen molar-refractivity contribution < 1.29 is 4.79 Å². The molecule has 5 heteroatoms. The third-order valence-electron chi connectivity index (χ3n) is 6.40. The Kier molecular flexibility index (Phi) is 4.70. The van der Waals surface area contributed by atoms with Gasteiger partial charge in [0, 0.05) is 27.6 Å². The average Bonchev–Trinajstić information content (AvgIpc) is 3.42. The number of aromatic nitrogens is 1. The fourth-order valence-electron chi connectivity index (χ4n) is 4.76. The number of aromatic amines is 1. The molecule has 1 amide bonds. The maximum Gasteiger partial charge on any atom is 0.261 e. The van der Waals surface area contributed by atoms with Crippen molar-refractivity contribution in [1.82, 2.24) is 10.3 Å². The molecule has 0 radical (unpaired) electrons. The number of carbonyl (C=O) groups is 1. The van der Waals surface area contributed by atoms with E-state index in [1.54, 1.807) is 6.07 Å². The molecular formula is C25H24N2O2S. The highest BCUT2D eigenvalue weighted by Gasteiger charge is 2.35. The fraction of sp³-hybridized carbons (Fsp3) is 0.280. The number of fused-ring (bicyclic) bond motifs is 3. The van der Waals surface area contributed by atoms with Crippen molar-refractivity contribution in [3.63, 3.8) is 0 Å². The van der Waals surface area contributed by atoms with Gasteiger partial charge < -0.3 is 10.3 Å². The zero-order chi connectivity index (χ0) is 20.7. The molecule has 2 N–H and O–H groups in total. The van der Waals surface area contributed by atoms with Gasteiger partial charge in [0.15, 0.2) is 0 Å². The Hall–Kier alpha value is -2.92. The summed E-state index contributed by atoms with van der Waals surface area (Å²) in [6, 6.07) is 18.2. The van der Waals surface area contributed by atoms with E-state index in [2.05, 4.69) is 40.6 Å². The number of rotatable bonds is 4. The van der Waals surface area contributed by atoms with E-state index in [-0.39, 0.29) is 16.9 Å². The highest BCUT2D eigenvalue weighted by Crippen LogP contribution is 2.40. The lowest BCUT2D eigenvalue weighted by molar-refractivity contribution is 0.0947. The third kappa shape index (κ3) is 3.23. The minimum atomic E-state index is -0.145. The predicted molar refractivity (Wildman–Crippen MR) is 124 cm³/mol. The van der Waals surface area contributed by atoms with Gasteiger partial charge >= 0.3 is 0 Å². The van der Waals surface area contributed by atoms with Crippen molar-refractivity contribution in [2.45, 2.75) is 38.0 Å². The summed E-state index contributed by atoms with van der Waals surface area (Å²) in [7, 11) is 0. The summed E-state index contributed by atoms with van der Waals surface area (Å²) in [4.78, 5) is 29.1. The van der Waals surface area contributed by atoms with Crippen LogP contribution in [0.3, 0.4) is 0 Å². The normalized spacial score (nSPS) is 15.6. The number of H-pyrrole nitrogens is 1. The van der Waals surface area contributed by atoms with Crippen LogP contribution in [0.2, 0.25) is 0 Å². The summed E-state index contributed by atoms with van der Waals surface area (Å²) in [5, 5.41) is 4.76. The number of carbonyl (C=O) groups excluding carboxylic acids is 1. The van der Waals surface area contributed by atoms with Crippen molar-refractivity contribution >= 4 is 38.2 Å². The first kappa shape index (κ1) is 19.1. The van der Waals surface area contributed by atoms with Crippen LogP contribution >= 0.6 is 11.3 Å². The van der Waals surface area contributed by atoms with E-state index in [0.29, 0.717) is 16.8 Å². The first-order valence-electron chi connectivity index (χ1n) is 10.5. The lowest BCUT2D eigenvalue weighted by atomic mass is 9.79. The van der Waals surface area contributed by atoms with Crippen LogP contribution in [0.1, 0.15) is 46.5 Å². The molecule has 0 spiro atoms. The van der Waals surface area contributed by atoms with Gasteiger partial charge in [0.2, 0.25) is 0 Å². The van der Waals surface area contributed by atoms with Crippen LogP contribution in [0.25, 0.3) is 21.0 Å². The Labute approximate surface area is 178 Å². The van der Waals surface area contributed by atoms with Crippen LogP contribution < -0.4 is 10.9 Å². The molecule has 1 aliphatic rings. The van der Waals surface area contributed by atoms with Gasteiger partial charge in [-0.05, 0) is 43.5 Å². The van der Waals surface area contributed by atoms with E-state index >= 15 is 0 Å². The van der Waals surface area contributed by atoms with Gasteiger partial charge in [0.1, 0.15) is 0 Å². The topological polar surface area (TPSA) is 62.0 Å². The van der Waals surface area contributed by atoms with Gasteiger partial charge in [-0.1, -0.05) is 54.8 Å². The second-order valence-electron chi connectivity index (χ2n) is 8.39. The maximum absolute atomic E-state index is 13.0. The number of amides is 1. The SMILES string of the molecule is Cc1ccc2[nH]c(=O)c3cc(C(=O)NCC4(c5ccccc5)CCCC4)sc3c2c1. The largest absolute Gasteiger partial charge is 0.350 e. The van der Waals surface area contributed by atoms with Crippen LogP contribution in [0.15, 0.2) is 59.4 Å². The van der Waals surface area contributed by atoms with Crippen LogP contribution in [-0.4, -0.2) is 17.4 Å². The van der Waals surface area contributed by atoms with Crippen molar-refractivity contribution in [3.05, 3.63) is 81.0 Å². The van der Waals surface area contributed by atoms with E-state index in [1.807, 2.05) is 25.1 Å². The van der Waals surface area contributed by atoms with Crippen molar-refractivity contribution in [1.29, 1.82) is 0 Å². The maximum atomic E-state index is 13.0. The van der Waals surface area contributed by atoms with E-state index in [4.69, 9.17) is 0 Å². The van der Waals surface area contributed by atoms with E-state index in [0.717, 1.165) is 34.0 Å². The van der Waals surface area contributed by atoms with E-state index in [9.17, 15) is 9.59 Å². The molecule has 4 aromatic rings. The summed E-state index contributed by atoms with van der Waals surface area (Å²) in [6.07, 6.45) is 4.56. The molecule has 0 unspecified atom stereocenters. The summed E-state index contributed by atoms with van der Waals surface area (Å²) < 4.78 is 0.876. The lowest BCUT2D eigenvalue weighted by Gasteiger charge is -2.30. The Bertz CT molecular complexity index is 1300. The number of nitrogens with one attached hydrogen (secondary N) is 2. The van der Waals surface area contributed by atoms with Crippen LogP contribution in [-0.2, 0) is 5.41 Å². The fourth-order valence-corrected chi connectivity index (χ4v) is 5.87. The molecule has 4 nitrogen and oxygen atoms in total. The second kappa shape index (κ2) is 7.40. The molecule has 0 aliphatic heterocycles. The van der Waals surface area contributed by atoms with Gasteiger partial charge in [-0.15, -0.1) is 11.3 Å². The number of thiophene rings is 1. The number of hydrogen-bond acceptors (Lipinski definition) is 3. The van der Waals surface area contributed by atoms with E-state index in [1.165, 1.54) is 29.7 Å². The molecule has 0 saturated heterocycles. The number of aryl methyl sites for hydroxylation is 1. The molecule has 5 rings (SSSR count). The summed E-state index contributed by atoms with van der Waals surface area (Å²) in [5.41, 5.74) is 3.10. The Balaban J connectivity index is 1.46. The molecule has 0 atom stereocenters. The van der Waals surface area contributed by atoms with Gasteiger partial charge in [-0.25, -0.2) is 0 Å². The Morgan fingerprint density at radius 3 is 2.60 bits per heavy atom. The molecular weight excluding hydrogens is 392 g/mol. The molecule has 30 heavy (non-hydrogen) atoms. The van der Waals surface area contributed by atoms with Gasteiger partial charge in [0.25, 0.3) is 11.5 Å². The number of hydrogen-bond donors (Lipinski definition) is 2. The monoisotopic (exact) mass is 416 g/mol. The molecule has 0 bridgehead atoms. The summed E-state index contributed by atoms with van der Waals surface area (Å²) in [5.74, 6) is -0.0985. The summed E-state index contributed by atoms with van der Waals surface area (Å²) in [6.45, 7) is 2.66. The van der Waals surface area contributed by atoms with Gasteiger partial charge in [-0.2, -0.15) is 0 Å². The Morgan fingerprint density at radius 2 is 1.83 bits per heavy atom. The lowest BCUT2D eigenvalue weighted by Crippen LogP contribution is -2.38. The highest BCUT2D eigenvalue weighted by molar-refractivity contribution is 7.21. The molecule has 1 saturated carbocycles. The minimum absolute atomic E-state index is 0.00881. The molecule has 152 valence electrons. The minimum Gasteiger partial charge on any atom is -0.350 e. The van der Waals surface area contributed by atoms with E-state index < -0.39 is 0 Å². The number of pyridine rings is 1. The molecule has 2 heterocycles. The molecule has 1 aliphatic carbocycles. The molecule has 1 fully saturated rings. The van der Waals surface area contributed by atoms with Crippen LogP contribution in [0.5, 0.6) is 0 Å². The van der Waals surface area contributed by atoms with Gasteiger partial charge in [-0.3, -0.25) is 9.59 Å². The third-order valence-corrected chi connectivity index (χ3v) is 7.57. The quantitative estimate of drug-likeness (QED) is 0.475. The van der Waals surface area contributed by atoms with Crippen LogP contribution in [0.4, 0.5) is 0 Å². The number of benzene rings is 2. The Morgan fingerprint density at radius 1 is 1.07 bits per heavy atom. The second-order valence-corrected chi connectivity index (χ2v) is 9.44. The first-order chi connectivity index (χ1) is 14.6. The highest BCUT2D eigenvalue weighted by atomic mass is 32.1. The van der Waals surface area contributed by atoms with Crippen molar-refractivity contribution in [2.24, 2.45) is 0 Å².